The molecule has 3 saturated heterocycles. The van der Waals surface area contributed by atoms with Crippen molar-refractivity contribution in [1.82, 2.24) is 14.9 Å². The van der Waals surface area contributed by atoms with Gasteiger partial charge in [-0.25, -0.2) is 4.98 Å². The van der Waals surface area contributed by atoms with E-state index in [4.69, 9.17) is 23.7 Å². The smallest absolute Gasteiger partial charge is 0.252 e. The second-order valence-corrected chi connectivity index (χ2v) is 9.07. The van der Waals surface area contributed by atoms with Gasteiger partial charge in [0.15, 0.2) is 24.0 Å². The summed E-state index contributed by atoms with van der Waals surface area (Å²) in [7, 11) is 0. The van der Waals surface area contributed by atoms with Gasteiger partial charge in [0.05, 0.1) is 17.6 Å². The molecule has 3 aliphatic heterocycles. The third kappa shape index (κ3) is 3.64. The highest BCUT2D eigenvalue weighted by Gasteiger charge is 2.62. The minimum atomic E-state index is -0.884. The number of aryl methyl sites for hydroxylation is 1. The first-order valence-corrected chi connectivity index (χ1v) is 10.8. The fourth-order valence-corrected chi connectivity index (χ4v) is 4.70. The summed E-state index contributed by atoms with van der Waals surface area (Å²) in [4.78, 5) is 17.9. The molecule has 9 heteroatoms. The van der Waals surface area contributed by atoms with Crippen LogP contribution >= 0.6 is 0 Å². The van der Waals surface area contributed by atoms with Crippen molar-refractivity contribution in [2.45, 2.75) is 90.0 Å². The molecule has 5 rings (SSSR count). The number of aromatic nitrogens is 2. The van der Waals surface area contributed by atoms with E-state index in [1.165, 1.54) is 0 Å². The van der Waals surface area contributed by atoms with Crippen LogP contribution in [-0.2, 0) is 41.6 Å². The third-order valence-corrected chi connectivity index (χ3v) is 5.88. The highest BCUT2D eigenvalue weighted by Crippen LogP contribution is 2.44. The van der Waals surface area contributed by atoms with Crippen molar-refractivity contribution in [2.75, 3.05) is 0 Å². The maximum Gasteiger partial charge on any atom is 0.252 e. The van der Waals surface area contributed by atoms with E-state index >= 15 is 0 Å². The molecule has 3 aliphatic rings. The number of nitrogens with zero attached hydrogens (tertiary/aromatic N) is 2. The van der Waals surface area contributed by atoms with Gasteiger partial charge < -0.3 is 33.6 Å². The van der Waals surface area contributed by atoms with Crippen LogP contribution in [0.1, 0.15) is 40.4 Å². The summed E-state index contributed by atoms with van der Waals surface area (Å²) in [6.45, 7) is 10.4. The van der Waals surface area contributed by atoms with Gasteiger partial charge in [-0.15, -0.1) is 0 Å². The number of imidazole rings is 1. The lowest BCUT2D eigenvalue weighted by Crippen LogP contribution is -2.59. The van der Waals surface area contributed by atoms with Crippen LogP contribution in [0.2, 0.25) is 0 Å². The molecule has 0 aliphatic carbocycles. The zero-order valence-electron chi connectivity index (χ0n) is 18.5. The van der Waals surface area contributed by atoms with Gasteiger partial charge in [0.25, 0.3) is 5.91 Å². The molecule has 9 nitrogen and oxygen atoms in total. The van der Waals surface area contributed by atoms with Crippen molar-refractivity contribution >= 4 is 16.9 Å². The molecule has 1 aromatic heterocycles. The summed E-state index contributed by atoms with van der Waals surface area (Å²) in [5, 5.41) is 2.97. The topological polar surface area (TPSA) is 93.1 Å². The van der Waals surface area contributed by atoms with Crippen LogP contribution in [-0.4, -0.2) is 57.7 Å². The molecule has 3 fully saturated rings. The quantitative estimate of drug-likeness (QED) is 0.792. The summed E-state index contributed by atoms with van der Waals surface area (Å²) in [5.41, 5.74) is 1.94. The number of hydrogen-bond acceptors (Lipinski definition) is 7. The maximum atomic E-state index is 13.2. The predicted molar refractivity (Wildman–Crippen MR) is 110 cm³/mol. The molecule has 0 spiro atoms. The number of carbonyl (C=O) groups is 1. The van der Waals surface area contributed by atoms with E-state index < -0.39 is 42.3 Å². The van der Waals surface area contributed by atoms with Crippen LogP contribution in [0.3, 0.4) is 0 Å². The van der Waals surface area contributed by atoms with Crippen molar-refractivity contribution in [2.24, 2.45) is 0 Å². The molecule has 5 atom stereocenters. The zero-order valence-corrected chi connectivity index (χ0v) is 18.5. The predicted octanol–water partition coefficient (Wildman–Crippen LogP) is 2.07. The summed E-state index contributed by atoms with van der Waals surface area (Å²) < 4.78 is 32.1. The van der Waals surface area contributed by atoms with Crippen LogP contribution in [0.25, 0.3) is 11.0 Å². The molecule has 0 radical (unpaired) electrons. The Labute approximate surface area is 180 Å². The SMILES string of the molecule is CCn1c(CNC(=O)[C@H]2O[C@@H]3OC(C)(C)O[C@@H]3[C@H]3OC(C)(C)O[C@H]32)nc2ccccc21. The lowest BCUT2D eigenvalue weighted by molar-refractivity contribution is -0.231. The standard InChI is InChI=1S/C22H29N3O6/c1-6-25-13-10-8-7-9-12(13)24-14(25)11-23-19(26)17-15-16(29-21(2,3)28-15)18-20(27-17)31-22(4,5)30-18/h7-10,15-18,20H,6,11H2,1-5H3,(H,23,26)/t15-,16+,17+,18-,20-/m1/s1. The minimum absolute atomic E-state index is 0.278. The number of amides is 1. The number of rotatable bonds is 4. The number of para-hydroxylation sites is 2. The van der Waals surface area contributed by atoms with Gasteiger partial charge in [-0.3, -0.25) is 4.79 Å². The van der Waals surface area contributed by atoms with Crippen molar-refractivity contribution < 1.29 is 28.5 Å². The number of carbonyl (C=O) groups excluding carboxylic acids is 1. The van der Waals surface area contributed by atoms with Crippen LogP contribution in [0.5, 0.6) is 0 Å². The monoisotopic (exact) mass is 431 g/mol. The number of benzene rings is 1. The van der Waals surface area contributed by atoms with Crippen LogP contribution in [0, 0.1) is 0 Å². The van der Waals surface area contributed by atoms with Crippen LogP contribution in [0.4, 0.5) is 0 Å². The van der Waals surface area contributed by atoms with E-state index in [0.717, 1.165) is 23.4 Å². The number of hydrogen-bond donors (Lipinski definition) is 1. The second-order valence-electron chi connectivity index (χ2n) is 9.07. The molecule has 0 saturated carbocycles. The molecule has 1 amide bonds. The van der Waals surface area contributed by atoms with E-state index in [0.29, 0.717) is 0 Å². The second kappa shape index (κ2) is 7.25. The van der Waals surface area contributed by atoms with Crippen molar-refractivity contribution in [3.8, 4) is 0 Å². The Kier molecular flexibility index (Phi) is 4.87. The van der Waals surface area contributed by atoms with Crippen LogP contribution < -0.4 is 5.32 Å². The van der Waals surface area contributed by atoms with E-state index in [-0.39, 0.29) is 12.5 Å². The highest BCUT2D eigenvalue weighted by atomic mass is 16.9. The normalized spacial score (nSPS) is 33.3. The van der Waals surface area contributed by atoms with Crippen molar-refractivity contribution in [3.63, 3.8) is 0 Å². The lowest BCUT2D eigenvalue weighted by atomic mass is 9.98. The highest BCUT2D eigenvalue weighted by molar-refractivity contribution is 5.82. The summed E-state index contributed by atoms with van der Waals surface area (Å²) in [6, 6.07) is 7.92. The van der Waals surface area contributed by atoms with E-state index in [1.54, 1.807) is 0 Å². The van der Waals surface area contributed by atoms with Gasteiger partial charge in [-0.1, -0.05) is 12.1 Å². The number of nitrogens with one attached hydrogen (secondary N) is 1. The minimum Gasteiger partial charge on any atom is -0.347 e. The Balaban J connectivity index is 1.35. The Morgan fingerprint density at radius 3 is 2.48 bits per heavy atom. The first-order chi connectivity index (χ1) is 14.7. The third-order valence-electron chi connectivity index (χ3n) is 5.88. The summed E-state index contributed by atoms with van der Waals surface area (Å²) in [6.07, 6.45) is -3.12. The number of fused-ring (bicyclic) bond motifs is 4. The summed E-state index contributed by atoms with van der Waals surface area (Å²) >= 11 is 0. The van der Waals surface area contributed by atoms with Gasteiger partial charge in [0.1, 0.15) is 24.1 Å². The molecular weight excluding hydrogens is 402 g/mol. The Morgan fingerprint density at radius 2 is 1.71 bits per heavy atom. The van der Waals surface area contributed by atoms with Crippen molar-refractivity contribution in [3.05, 3.63) is 30.1 Å². The van der Waals surface area contributed by atoms with E-state index in [9.17, 15) is 4.79 Å². The van der Waals surface area contributed by atoms with Crippen molar-refractivity contribution in [1.29, 1.82) is 0 Å². The molecule has 2 aromatic rings. The number of ether oxygens (including phenoxy) is 5. The molecule has 1 N–H and O–H groups in total. The molecule has 168 valence electrons. The lowest BCUT2D eigenvalue weighted by Gasteiger charge is -2.36. The molecule has 1 aromatic carbocycles. The molecular formula is C22H29N3O6. The Morgan fingerprint density at radius 1 is 1.03 bits per heavy atom. The average Bonchev–Trinajstić information content (AvgIpc) is 3.33. The van der Waals surface area contributed by atoms with Gasteiger partial charge in [-0.05, 0) is 46.8 Å². The van der Waals surface area contributed by atoms with Gasteiger partial charge >= 0.3 is 0 Å². The van der Waals surface area contributed by atoms with Crippen LogP contribution in [0.15, 0.2) is 24.3 Å². The van der Waals surface area contributed by atoms with Gasteiger partial charge in [0.2, 0.25) is 0 Å². The molecule has 0 unspecified atom stereocenters. The first-order valence-electron chi connectivity index (χ1n) is 10.8. The maximum absolute atomic E-state index is 13.2. The van der Waals surface area contributed by atoms with Gasteiger partial charge in [-0.2, -0.15) is 0 Å². The molecule has 4 heterocycles. The molecule has 0 bridgehead atoms. The molecule has 31 heavy (non-hydrogen) atoms. The van der Waals surface area contributed by atoms with E-state index in [2.05, 4.69) is 21.8 Å². The van der Waals surface area contributed by atoms with E-state index in [1.807, 2.05) is 52.0 Å². The first kappa shape index (κ1) is 20.8. The average molecular weight is 431 g/mol. The Hall–Kier alpha value is -2.04. The Bertz CT molecular complexity index is 1000. The zero-order chi connectivity index (χ0) is 22.0. The largest absolute Gasteiger partial charge is 0.347 e. The fourth-order valence-electron chi connectivity index (χ4n) is 4.70. The van der Waals surface area contributed by atoms with Gasteiger partial charge in [0, 0.05) is 6.54 Å². The summed E-state index contributed by atoms with van der Waals surface area (Å²) in [5.74, 6) is -1.18. The fraction of sp³-hybridized carbons (Fsp3) is 0.636.